The Morgan fingerprint density at radius 3 is 1.96 bits per heavy atom. The van der Waals surface area contributed by atoms with E-state index in [4.69, 9.17) is 4.74 Å². The summed E-state index contributed by atoms with van der Waals surface area (Å²) in [4.78, 5) is 13.0. The van der Waals surface area contributed by atoms with Gasteiger partial charge < -0.3 is 4.74 Å². The van der Waals surface area contributed by atoms with Gasteiger partial charge in [0, 0.05) is 18.1 Å². The average molecular weight is 330 g/mol. The van der Waals surface area contributed by atoms with Crippen molar-refractivity contribution >= 4 is 5.78 Å². The van der Waals surface area contributed by atoms with E-state index in [2.05, 4.69) is 0 Å². The molecule has 3 rings (SSSR count). The molecule has 0 saturated carbocycles. The van der Waals surface area contributed by atoms with Gasteiger partial charge in [0.05, 0.1) is 6.61 Å². The Morgan fingerprint density at radius 2 is 1.32 bits per heavy atom. The lowest BCUT2D eigenvalue weighted by Crippen LogP contribution is -2.15. The lowest BCUT2D eigenvalue weighted by Gasteiger charge is -2.17. The molecule has 0 aliphatic rings. The molecule has 25 heavy (non-hydrogen) atoms. The monoisotopic (exact) mass is 330 g/mol. The van der Waals surface area contributed by atoms with Gasteiger partial charge in [-0.3, -0.25) is 4.79 Å². The highest BCUT2D eigenvalue weighted by Gasteiger charge is 2.21. The molecular formula is C23H22O2. The van der Waals surface area contributed by atoms with Crippen LogP contribution in [0, 0.1) is 0 Å². The van der Waals surface area contributed by atoms with Crippen LogP contribution in [0.2, 0.25) is 0 Å². The quantitative estimate of drug-likeness (QED) is 0.416. The molecular weight excluding hydrogens is 308 g/mol. The van der Waals surface area contributed by atoms with Crippen molar-refractivity contribution < 1.29 is 9.53 Å². The number of carbonyl (C=O) groups is 1. The highest BCUT2D eigenvalue weighted by Crippen LogP contribution is 2.24. The average Bonchev–Trinajstić information content (AvgIpc) is 2.70. The largest absolute Gasteiger partial charge is 0.377 e. The summed E-state index contributed by atoms with van der Waals surface area (Å²) in [5.41, 5.74) is 2.94. The highest BCUT2D eigenvalue weighted by molar-refractivity contribution is 6.00. The van der Waals surface area contributed by atoms with Gasteiger partial charge in [-0.15, -0.1) is 0 Å². The molecule has 2 heteroatoms. The molecule has 0 amide bonds. The van der Waals surface area contributed by atoms with Gasteiger partial charge in [0.15, 0.2) is 5.78 Å². The molecule has 1 atom stereocenters. The van der Waals surface area contributed by atoms with Crippen LogP contribution in [0.1, 0.15) is 33.8 Å². The first-order valence-corrected chi connectivity index (χ1v) is 8.60. The van der Waals surface area contributed by atoms with Crippen LogP contribution in [0.4, 0.5) is 0 Å². The van der Waals surface area contributed by atoms with E-state index < -0.39 is 0 Å². The predicted molar refractivity (Wildman–Crippen MR) is 101 cm³/mol. The lowest BCUT2D eigenvalue weighted by atomic mass is 9.88. The smallest absolute Gasteiger partial charge is 0.170 e. The highest BCUT2D eigenvalue weighted by atomic mass is 16.5. The van der Waals surface area contributed by atoms with Crippen molar-refractivity contribution in [1.29, 1.82) is 0 Å². The number of rotatable bonds is 8. The molecule has 0 bridgehead atoms. The van der Waals surface area contributed by atoms with E-state index in [1.165, 1.54) is 0 Å². The van der Waals surface area contributed by atoms with Crippen molar-refractivity contribution in [1.82, 2.24) is 0 Å². The van der Waals surface area contributed by atoms with E-state index in [9.17, 15) is 4.79 Å². The number of benzene rings is 3. The van der Waals surface area contributed by atoms with Crippen LogP contribution < -0.4 is 0 Å². The van der Waals surface area contributed by atoms with Crippen molar-refractivity contribution in [2.75, 3.05) is 6.61 Å². The summed E-state index contributed by atoms with van der Waals surface area (Å²) in [6, 6.07) is 29.5. The Kier molecular flexibility index (Phi) is 6.13. The normalized spacial score (nSPS) is 11.8. The molecule has 0 heterocycles. The second kappa shape index (κ2) is 8.95. The number of carbonyl (C=O) groups excluding carboxylic acids is 1. The van der Waals surface area contributed by atoms with Crippen LogP contribution in [0.15, 0.2) is 91.0 Å². The minimum atomic E-state index is -0.181. The summed E-state index contributed by atoms with van der Waals surface area (Å²) >= 11 is 0. The molecule has 2 nitrogen and oxygen atoms in total. The minimum absolute atomic E-state index is 0.148. The third kappa shape index (κ3) is 4.88. The molecule has 0 aromatic heterocycles. The molecule has 0 spiro atoms. The minimum Gasteiger partial charge on any atom is -0.377 e. The van der Waals surface area contributed by atoms with E-state index in [-0.39, 0.29) is 11.7 Å². The van der Waals surface area contributed by atoms with Crippen LogP contribution >= 0.6 is 0 Å². The van der Waals surface area contributed by atoms with E-state index >= 15 is 0 Å². The first-order valence-electron chi connectivity index (χ1n) is 8.60. The van der Waals surface area contributed by atoms with E-state index in [1.807, 2.05) is 91.0 Å². The van der Waals surface area contributed by atoms with E-state index in [0.717, 1.165) is 16.7 Å². The molecule has 0 aliphatic carbocycles. The van der Waals surface area contributed by atoms with Gasteiger partial charge in [0.1, 0.15) is 0 Å². The molecule has 0 saturated heterocycles. The summed E-state index contributed by atoms with van der Waals surface area (Å²) in [5.74, 6) is -0.0329. The number of hydrogen-bond donors (Lipinski definition) is 0. The van der Waals surface area contributed by atoms with Gasteiger partial charge in [-0.2, -0.15) is 0 Å². The topological polar surface area (TPSA) is 26.3 Å². The zero-order valence-corrected chi connectivity index (χ0v) is 14.2. The first kappa shape index (κ1) is 17.1. The molecule has 0 aliphatic heterocycles. The zero-order valence-electron chi connectivity index (χ0n) is 14.2. The summed E-state index contributed by atoms with van der Waals surface area (Å²) in [7, 11) is 0. The Balaban J connectivity index is 1.66. The van der Waals surface area contributed by atoms with E-state index in [1.54, 1.807) is 0 Å². The maximum atomic E-state index is 13.0. The van der Waals surface area contributed by atoms with Crippen LogP contribution in [-0.2, 0) is 11.3 Å². The van der Waals surface area contributed by atoms with Crippen molar-refractivity contribution in [3.63, 3.8) is 0 Å². The Morgan fingerprint density at radius 1 is 0.760 bits per heavy atom. The van der Waals surface area contributed by atoms with Gasteiger partial charge in [0.25, 0.3) is 0 Å². The number of Topliss-reactive ketones (excluding diaryl/α,β-unsaturated/α-hetero) is 1. The SMILES string of the molecule is O=C(c1ccccc1)C(CCOCc1ccccc1)c1ccccc1. The standard InChI is InChI=1S/C23H22O2/c24-23(21-14-8-3-9-15-21)22(20-12-6-2-7-13-20)16-17-25-18-19-10-4-1-5-11-19/h1-15,22H,16-18H2. The Hall–Kier alpha value is -2.71. The Bertz CT molecular complexity index is 767. The third-order valence-corrected chi connectivity index (χ3v) is 4.24. The first-order chi connectivity index (χ1) is 12.3. The van der Waals surface area contributed by atoms with Crippen LogP contribution in [0.5, 0.6) is 0 Å². The van der Waals surface area contributed by atoms with Gasteiger partial charge >= 0.3 is 0 Å². The summed E-state index contributed by atoms with van der Waals surface area (Å²) in [6.45, 7) is 1.12. The molecule has 126 valence electrons. The third-order valence-electron chi connectivity index (χ3n) is 4.24. The van der Waals surface area contributed by atoms with Crippen LogP contribution in [0.3, 0.4) is 0 Å². The maximum Gasteiger partial charge on any atom is 0.170 e. The zero-order chi connectivity index (χ0) is 17.3. The second-order valence-corrected chi connectivity index (χ2v) is 6.02. The summed E-state index contributed by atoms with van der Waals surface area (Å²) < 4.78 is 5.81. The molecule has 0 fully saturated rings. The predicted octanol–water partition coefficient (Wildman–Crippen LogP) is 5.26. The fraction of sp³-hybridized carbons (Fsp3) is 0.174. The summed E-state index contributed by atoms with van der Waals surface area (Å²) in [5, 5.41) is 0. The number of hydrogen-bond acceptors (Lipinski definition) is 2. The van der Waals surface area contributed by atoms with E-state index in [0.29, 0.717) is 19.6 Å². The van der Waals surface area contributed by atoms with Crippen molar-refractivity contribution in [2.45, 2.75) is 18.9 Å². The van der Waals surface area contributed by atoms with Gasteiger partial charge in [-0.25, -0.2) is 0 Å². The molecule has 3 aromatic rings. The fourth-order valence-corrected chi connectivity index (χ4v) is 2.90. The van der Waals surface area contributed by atoms with Crippen LogP contribution in [-0.4, -0.2) is 12.4 Å². The van der Waals surface area contributed by atoms with Crippen LogP contribution in [0.25, 0.3) is 0 Å². The van der Waals surface area contributed by atoms with Gasteiger partial charge in [-0.1, -0.05) is 91.0 Å². The van der Waals surface area contributed by atoms with Crippen molar-refractivity contribution in [3.05, 3.63) is 108 Å². The molecule has 0 N–H and O–H groups in total. The number of ketones is 1. The lowest BCUT2D eigenvalue weighted by molar-refractivity contribution is 0.0878. The van der Waals surface area contributed by atoms with Gasteiger partial charge in [-0.05, 0) is 17.5 Å². The number of ether oxygens (including phenoxy) is 1. The Labute approximate surface area is 149 Å². The maximum absolute atomic E-state index is 13.0. The second-order valence-electron chi connectivity index (χ2n) is 6.02. The fourth-order valence-electron chi connectivity index (χ4n) is 2.90. The molecule has 1 unspecified atom stereocenters. The summed E-state index contributed by atoms with van der Waals surface area (Å²) in [6.07, 6.45) is 0.671. The van der Waals surface area contributed by atoms with Crippen molar-refractivity contribution in [3.8, 4) is 0 Å². The van der Waals surface area contributed by atoms with Gasteiger partial charge in [0.2, 0.25) is 0 Å². The molecule has 0 radical (unpaired) electrons. The molecule has 3 aromatic carbocycles. The van der Waals surface area contributed by atoms with Crippen molar-refractivity contribution in [2.24, 2.45) is 0 Å².